The van der Waals surface area contributed by atoms with Crippen molar-refractivity contribution in [3.8, 4) is 16.9 Å². The molecule has 17 heavy (non-hydrogen) atoms. The summed E-state index contributed by atoms with van der Waals surface area (Å²) in [6, 6.07) is 5.27. The number of carbonyl (C=O) groups is 1. The second kappa shape index (κ2) is 5.08. The molecular formula is C12H8Cl2O2S. The fourth-order valence-electron chi connectivity index (χ4n) is 1.46. The van der Waals surface area contributed by atoms with E-state index in [9.17, 15) is 4.79 Å². The summed E-state index contributed by atoms with van der Waals surface area (Å²) in [5.41, 5.74) is 1.43. The Morgan fingerprint density at radius 2 is 1.88 bits per heavy atom. The number of hydrogen-bond donors (Lipinski definition) is 0. The van der Waals surface area contributed by atoms with Crippen LogP contribution < -0.4 is 4.74 Å². The topological polar surface area (TPSA) is 26.3 Å². The zero-order valence-corrected chi connectivity index (χ0v) is 11.2. The molecule has 0 spiro atoms. The van der Waals surface area contributed by atoms with E-state index in [0.29, 0.717) is 21.4 Å². The van der Waals surface area contributed by atoms with Crippen LogP contribution >= 0.6 is 34.5 Å². The van der Waals surface area contributed by atoms with E-state index < -0.39 is 0 Å². The Morgan fingerprint density at radius 1 is 1.24 bits per heavy atom. The Balaban J connectivity index is 2.53. The minimum atomic E-state index is -0.368. The van der Waals surface area contributed by atoms with Crippen LogP contribution in [0.15, 0.2) is 29.0 Å². The molecule has 1 aromatic heterocycles. The van der Waals surface area contributed by atoms with Gasteiger partial charge in [-0.2, -0.15) is 0 Å². The van der Waals surface area contributed by atoms with Gasteiger partial charge in [-0.3, -0.25) is 4.79 Å². The first-order valence-corrected chi connectivity index (χ1v) is 6.48. The predicted molar refractivity (Wildman–Crippen MR) is 71.1 cm³/mol. The molecular weight excluding hydrogens is 279 g/mol. The van der Waals surface area contributed by atoms with Gasteiger partial charge in [-0.05, 0) is 12.1 Å². The molecule has 0 fully saturated rings. The largest absolute Gasteiger partial charge is 0.425 e. The van der Waals surface area contributed by atoms with E-state index in [2.05, 4.69) is 0 Å². The Kier molecular flexibility index (Phi) is 3.72. The summed E-state index contributed by atoms with van der Waals surface area (Å²) in [7, 11) is 0. The lowest BCUT2D eigenvalue weighted by Crippen LogP contribution is -2.01. The molecule has 2 aromatic rings. The van der Waals surface area contributed by atoms with Gasteiger partial charge < -0.3 is 4.74 Å². The fraction of sp³-hybridized carbons (Fsp3) is 0.0833. The highest BCUT2D eigenvalue weighted by Crippen LogP contribution is 2.41. The molecule has 1 aromatic carbocycles. The first kappa shape index (κ1) is 12.4. The summed E-state index contributed by atoms with van der Waals surface area (Å²) >= 11 is 13.6. The second-order valence-electron chi connectivity index (χ2n) is 3.34. The van der Waals surface area contributed by atoms with Gasteiger partial charge in [0.1, 0.15) is 5.75 Å². The highest BCUT2D eigenvalue weighted by molar-refractivity contribution is 7.08. The van der Waals surface area contributed by atoms with Crippen molar-refractivity contribution in [2.45, 2.75) is 6.92 Å². The van der Waals surface area contributed by atoms with Gasteiger partial charge in [-0.15, -0.1) is 11.3 Å². The van der Waals surface area contributed by atoms with Crippen LogP contribution in [0.25, 0.3) is 11.1 Å². The van der Waals surface area contributed by atoms with Crippen molar-refractivity contribution in [2.75, 3.05) is 0 Å². The van der Waals surface area contributed by atoms with Gasteiger partial charge in [0, 0.05) is 28.8 Å². The number of rotatable bonds is 2. The monoisotopic (exact) mass is 286 g/mol. The quantitative estimate of drug-likeness (QED) is 0.752. The number of hydrogen-bond acceptors (Lipinski definition) is 3. The summed E-state index contributed by atoms with van der Waals surface area (Å²) in [4.78, 5) is 11.0. The zero-order chi connectivity index (χ0) is 12.4. The highest BCUT2D eigenvalue weighted by Gasteiger charge is 2.15. The number of benzene rings is 1. The fourth-order valence-corrected chi connectivity index (χ4v) is 2.79. The second-order valence-corrected chi connectivity index (χ2v) is 4.90. The maximum Gasteiger partial charge on any atom is 0.308 e. The van der Waals surface area contributed by atoms with E-state index in [0.717, 1.165) is 5.56 Å². The third kappa shape index (κ3) is 2.63. The molecule has 0 radical (unpaired) electrons. The standard InChI is InChI=1S/C12H8Cl2O2S/c1-7(15)16-11-6-17-5-8(11)12-9(13)3-2-4-10(12)14/h2-6H,1H3. The number of thiophene rings is 1. The summed E-state index contributed by atoms with van der Waals surface area (Å²) < 4.78 is 5.10. The van der Waals surface area contributed by atoms with Gasteiger partial charge in [0.25, 0.3) is 0 Å². The van der Waals surface area contributed by atoms with Gasteiger partial charge in [-0.25, -0.2) is 0 Å². The van der Waals surface area contributed by atoms with Gasteiger partial charge in [0.15, 0.2) is 0 Å². The molecule has 1 heterocycles. The summed E-state index contributed by atoms with van der Waals surface area (Å²) in [5, 5.41) is 4.66. The number of esters is 1. The summed E-state index contributed by atoms with van der Waals surface area (Å²) in [6.07, 6.45) is 0. The minimum Gasteiger partial charge on any atom is -0.425 e. The third-order valence-corrected chi connectivity index (χ3v) is 3.46. The molecule has 0 saturated carbocycles. The Labute approximate surface area is 113 Å². The van der Waals surface area contributed by atoms with Crippen LogP contribution in [0, 0.1) is 0 Å². The Bertz CT molecular complexity index is 543. The molecule has 0 aliphatic carbocycles. The Hall–Kier alpha value is -1.03. The van der Waals surface area contributed by atoms with Crippen molar-refractivity contribution in [3.05, 3.63) is 39.0 Å². The first-order chi connectivity index (χ1) is 8.09. The Morgan fingerprint density at radius 3 is 2.47 bits per heavy atom. The molecule has 0 unspecified atom stereocenters. The lowest BCUT2D eigenvalue weighted by atomic mass is 10.1. The minimum absolute atomic E-state index is 0.368. The van der Waals surface area contributed by atoms with E-state index in [4.69, 9.17) is 27.9 Å². The highest BCUT2D eigenvalue weighted by atomic mass is 35.5. The van der Waals surface area contributed by atoms with Crippen molar-refractivity contribution in [1.82, 2.24) is 0 Å². The normalized spacial score (nSPS) is 10.3. The van der Waals surface area contributed by atoms with Crippen LogP contribution in [0.1, 0.15) is 6.92 Å². The molecule has 0 amide bonds. The van der Waals surface area contributed by atoms with Crippen LogP contribution in [0.5, 0.6) is 5.75 Å². The molecule has 0 aliphatic rings. The molecule has 2 rings (SSSR count). The van der Waals surface area contributed by atoms with Gasteiger partial charge >= 0.3 is 5.97 Å². The maximum absolute atomic E-state index is 11.0. The third-order valence-electron chi connectivity index (χ3n) is 2.11. The van der Waals surface area contributed by atoms with Crippen LogP contribution in [-0.4, -0.2) is 5.97 Å². The molecule has 0 N–H and O–H groups in total. The van der Waals surface area contributed by atoms with E-state index >= 15 is 0 Å². The lowest BCUT2D eigenvalue weighted by Gasteiger charge is -2.07. The predicted octanol–water partition coefficient (Wildman–Crippen LogP) is 4.65. The van der Waals surface area contributed by atoms with Crippen molar-refractivity contribution in [2.24, 2.45) is 0 Å². The van der Waals surface area contributed by atoms with Gasteiger partial charge in [0.2, 0.25) is 0 Å². The summed E-state index contributed by atoms with van der Waals surface area (Å²) in [5.74, 6) is 0.116. The van der Waals surface area contributed by atoms with Crippen LogP contribution in [0.3, 0.4) is 0 Å². The molecule has 5 heteroatoms. The van der Waals surface area contributed by atoms with E-state index in [-0.39, 0.29) is 5.97 Å². The van der Waals surface area contributed by atoms with Gasteiger partial charge in [0.05, 0.1) is 10.0 Å². The van der Waals surface area contributed by atoms with Crippen molar-refractivity contribution in [1.29, 1.82) is 0 Å². The SMILES string of the molecule is CC(=O)Oc1cscc1-c1c(Cl)cccc1Cl. The summed E-state index contributed by atoms with van der Waals surface area (Å²) in [6.45, 7) is 1.36. The van der Waals surface area contributed by atoms with Crippen LogP contribution in [0.4, 0.5) is 0 Å². The van der Waals surface area contributed by atoms with Crippen molar-refractivity contribution in [3.63, 3.8) is 0 Å². The first-order valence-electron chi connectivity index (χ1n) is 4.78. The smallest absolute Gasteiger partial charge is 0.308 e. The molecule has 0 saturated heterocycles. The molecule has 0 bridgehead atoms. The lowest BCUT2D eigenvalue weighted by molar-refractivity contribution is -0.131. The molecule has 0 aliphatic heterocycles. The number of ether oxygens (including phenoxy) is 1. The van der Waals surface area contributed by atoms with Crippen LogP contribution in [-0.2, 0) is 4.79 Å². The van der Waals surface area contributed by atoms with Gasteiger partial charge in [-0.1, -0.05) is 29.3 Å². The van der Waals surface area contributed by atoms with Crippen LogP contribution in [0.2, 0.25) is 10.0 Å². The van der Waals surface area contributed by atoms with Crippen molar-refractivity contribution < 1.29 is 9.53 Å². The van der Waals surface area contributed by atoms with E-state index in [1.165, 1.54) is 18.3 Å². The average molecular weight is 287 g/mol. The van der Waals surface area contributed by atoms with E-state index in [1.807, 2.05) is 5.38 Å². The maximum atomic E-state index is 11.0. The van der Waals surface area contributed by atoms with Crippen molar-refractivity contribution >= 4 is 40.5 Å². The molecule has 0 atom stereocenters. The molecule has 2 nitrogen and oxygen atoms in total. The van der Waals surface area contributed by atoms with E-state index in [1.54, 1.807) is 23.6 Å². The number of carbonyl (C=O) groups excluding carboxylic acids is 1. The molecule has 88 valence electrons. The average Bonchev–Trinajstić information content (AvgIpc) is 2.65. The zero-order valence-electron chi connectivity index (χ0n) is 8.87. The number of halogens is 2.